The average molecular weight is 396 g/mol. The van der Waals surface area contributed by atoms with Crippen molar-refractivity contribution in [2.45, 2.75) is 38.9 Å². The SMILES string of the molecule is CN=C(NCc1cccc([N+](=O)[O-])c1)NC1CCN(Cc2ccccc2C)CC1. The third-order valence-electron chi connectivity index (χ3n) is 5.39. The van der Waals surface area contributed by atoms with Crippen LogP contribution in [0.5, 0.6) is 0 Å². The molecule has 7 heteroatoms. The van der Waals surface area contributed by atoms with Gasteiger partial charge in [0.2, 0.25) is 0 Å². The Hall–Kier alpha value is -2.93. The lowest BCUT2D eigenvalue weighted by molar-refractivity contribution is -0.384. The van der Waals surface area contributed by atoms with Crippen LogP contribution in [0.25, 0.3) is 0 Å². The van der Waals surface area contributed by atoms with E-state index in [0.29, 0.717) is 12.6 Å². The lowest BCUT2D eigenvalue weighted by Crippen LogP contribution is -2.48. The molecule has 1 saturated heterocycles. The molecule has 154 valence electrons. The van der Waals surface area contributed by atoms with Gasteiger partial charge in [-0.05, 0) is 36.5 Å². The van der Waals surface area contributed by atoms with Crippen molar-refractivity contribution in [3.63, 3.8) is 0 Å². The van der Waals surface area contributed by atoms with E-state index in [0.717, 1.165) is 44.0 Å². The second kappa shape index (κ2) is 10.0. The minimum Gasteiger partial charge on any atom is -0.354 e. The van der Waals surface area contributed by atoms with Gasteiger partial charge >= 0.3 is 0 Å². The molecule has 0 bridgehead atoms. The Bertz CT molecular complexity index is 860. The van der Waals surface area contributed by atoms with Gasteiger partial charge in [-0.15, -0.1) is 0 Å². The first-order chi connectivity index (χ1) is 14.0. The van der Waals surface area contributed by atoms with Crippen molar-refractivity contribution in [3.8, 4) is 0 Å². The van der Waals surface area contributed by atoms with Crippen molar-refractivity contribution < 1.29 is 4.92 Å². The number of likely N-dealkylation sites (tertiary alicyclic amines) is 1. The highest BCUT2D eigenvalue weighted by molar-refractivity contribution is 5.80. The minimum absolute atomic E-state index is 0.105. The summed E-state index contributed by atoms with van der Waals surface area (Å²) in [4.78, 5) is 17.3. The minimum atomic E-state index is -0.374. The molecule has 0 amide bonds. The molecule has 3 rings (SSSR count). The van der Waals surface area contributed by atoms with E-state index in [1.54, 1.807) is 19.2 Å². The molecule has 2 N–H and O–H groups in total. The van der Waals surface area contributed by atoms with Crippen molar-refractivity contribution in [2.75, 3.05) is 20.1 Å². The first-order valence-electron chi connectivity index (χ1n) is 10.0. The summed E-state index contributed by atoms with van der Waals surface area (Å²) in [6.07, 6.45) is 2.12. The molecule has 1 aliphatic rings. The molecule has 2 aromatic carbocycles. The Morgan fingerprint density at radius 2 is 1.97 bits per heavy atom. The van der Waals surface area contributed by atoms with E-state index in [-0.39, 0.29) is 10.6 Å². The van der Waals surface area contributed by atoms with Gasteiger partial charge < -0.3 is 10.6 Å². The number of aryl methyl sites for hydroxylation is 1. The first-order valence-corrected chi connectivity index (χ1v) is 10.0. The van der Waals surface area contributed by atoms with Gasteiger partial charge in [-0.3, -0.25) is 20.0 Å². The van der Waals surface area contributed by atoms with E-state index in [1.807, 2.05) is 6.07 Å². The van der Waals surface area contributed by atoms with Crippen LogP contribution in [0.4, 0.5) is 5.69 Å². The molecule has 1 fully saturated rings. The van der Waals surface area contributed by atoms with Crippen LogP contribution in [-0.4, -0.2) is 42.0 Å². The van der Waals surface area contributed by atoms with E-state index >= 15 is 0 Å². The lowest BCUT2D eigenvalue weighted by atomic mass is 10.0. The number of nitro groups is 1. The fourth-order valence-corrected chi connectivity index (χ4v) is 3.62. The van der Waals surface area contributed by atoms with E-state index in [1.165, 1.54) is 17.2 Å². The van der Waals surface area contributed by atoms with Gasteiger partial charge in [0.1, 0.15) is 0 Å². The number of rotatable bonds is 6. The molecule has 0 saturated carbocycles. The summed E-state index contributed by atoms with van der Waals surface area (Å²) in [6.45, 7) is 5.76. The number of non-ortho nitro benzene ring substituents is 1. The molecular formula is C22H29N5O2. The number of guanidine groups is 1. The van der Waals surface area contributed by atoms with Gasteiger partial charge in [-0.1, -0.05) is 36.4 Å². The van der Waals surface area contributed by atoms with E-state index < -0.39 is 0 Å². The predicted octanol–water partition coefficient (Wildman–Crippen LogP) is 3.23. The van der Waals surface area contributed by atoms with Crippen LogP contribution >= 0.6 is 0 Å². The van der Waals surface area contributed by atoms with Gasteiger partial charge in [0.15, 0.2) is 5.96 Å². The Labute approximate surface area is 172 Å². The molecule has 0 unspecified atom stereocenters. The number of nitrogens with zero attached hydrogens (tertiary/aromatic N) is 3. The second-order valence-corrected chi connectivity index (χ2v) is 7.47. The zero-order valence-electron chi connectivity index (χ0n) is 17.1. The molecule has 2 aromatic rings. The highest BCUT2D eigenvalue weighted by Gasteiger charge is 2.20. The van der Waals surface area contributed by atoms with Gasteiger partial charge in [0, 0.05) is 51.4 Å². The van der Waals surface area contributed by atoms with Crippen LogP contribution in [0.3, 0.4) is 0 Å². The van der Waals surface area contributed by atoms with Crippen LogP contribution in [0.2, 0.25) is 0 Å². The number of nitro benzene ring substituents is 1. The maximum absolute atomic E-state index is 10.9. The summed E-state index contributed by atoms with van der Waals surface area (Å²) in [6, 6.07) is 15.6. The quantitative estimate of drug-likeness (QED) is 0.340. The zero-order chi connectivity index (χ0) is 20.6. The number of benzene rings is 2. The van der Waals surface area contributed by atoms with Gasteiger partial charge in [-0.25, -0.2) is 0 Å². The summed E-state index contributed by atoms with van der Waals surface area (Å²) in [5.41, 5.74) is 3.70. The molecule has 1 heterocycles. The van der Waals surface area contributed by atoms with Gasteiger partial charge in [0.25, 0.3) is 5.69 Å². The van der Waals surface area contributed by atoms with Crippen molar-refractivity contribution in [3.05, 3.63) is 75.3 Å². The molecule has 0 aliphatic carbocycles. The van der Waals surface area contributed by atoms with Crippen LogP contribution < -0.4 is 10.6 Å². The molecule has 0 radical (unpaired) electrons. The van der Waals surface area contributed by atoms with E-state index in [9.17, 15) is 10.1 Å². The number of nitrogens with one attached hydrogen (secondary N) is 2. The molecule has 29 heavy (non-hydrogen) atoms. The Balaban J connectivity index is 1.45. The van der Waals surface area contributed by atoms with Crippen LogP contribution in [-0.2, 0) is 13.1 Å². The molecule has 1 aliphatic heterocycles. The summed E-state index contributed by atoms with van der Waals surface area (Å²) >= 11 is 0. The standard InChI is InChI=1S/C22H29N5O2/c1-17-6-3-4-8-19(17)16-26-12-10-20(11-13-26)25-22(23-2)24-15-18-7-5-9-21(14-18)27(28)29/h3-9,14,20H,10-13,15-16H2,1-2H3,(H2,23,24,25). The Morgan fingerprint density at radius 1 is 1.21 bits per heavy atom. The Kier molecular flexibility index (Phi) is 7.19. The van der Waals surface area contributed by atoms with E-state index in [2.05, 4.69) is 51.7 Å². The topological polar surface area (TPSA) is 82.8 Å². The average Bonchev–Trinajstić information content (AvgIpc) is 2.74. The summed E-state index contributed by atoms with van der Waals surface area (Å²) in [5, 5.41) is 17.7. The number of piperidine rings is 1. The number of aliphatic imine (C=N–C) groups is 1. The largest absolute Gasteiger partial charge is 0.354 e. The van der Waals surface area contributed by atoms with E-state index in [4.69, 9.17) is 0 Å². The van der Waals surface area contributed by atoms with Crippen LogP contribution in [0.15, 0.2) is 53.5 Å². The maximum atomic E-state index is 10.9. The van der Waals surface area contributed by atoms with Crippen LogP contribution in [0, 0.1) is 17.0 Å². The van der Waals surface area contributed by atoms with Crippen LogP contribution in [0.1, 0.15) is 29.5 Å². The summed E-state index contributed by atoms with van der Waals surface area (Å²) < 4.78 is 0. The smallest absolute Gasteiger partial charge is 0.269 e. The summed E-state index contributed by atoms with van der Waals surface area (Å²) in [5.74, 6) is 0.730. The van der Waals surface area contributed by atoms with Gasteiger partial charge in [0.05, 0.1) is 4.92 Å². The molecule has 0 atom stereocenters. The highest BCUT2D eigenvalue weighted by Crippen LogP contribution is 2.16. The van der Waals surface area contributed by atoms with Crippen molar-refractivity contribution in [1.29, 1.82) is 0 Å². The number of hydrogen-bond acceptors (Lipinski definition) is 4. The monoisotopic (exact) mass is 395 g/mol. The fourth-order valence-electron chi connectivity index (χ4n) is 3.62. The Morgan fingerprint density at radius 3 is 2.66 bits per heavy atom. The maximum Gasteiger partial charge on any atom is 0.269 e. The lowest BCUT2D eigenvalue weighted by Gasteiger charge is -2.33. The third-order valence-corrected chi connectivity index (χ3v) is 5.39. The molecule has 7 nitrogen and oxygen atoms in total. The first kappa shape index (κ1) is 20.8. The van der Waals surface area contributed by atoms with Crippen molar-refractivity contribution in [1.82, 2.24) is 15.5 Å². The zero-order valence-corrected chi connectivity index (χ0v) is 17.1. The predicted molar refractivity (Wildman–Crippen MR) is 116 cm³/mol. The number of hydrogen-bond donors (Lipinski definition) is 2. The van der Waals surface area contributed by atoms with Crippen molar-refractivity contribution >= 4 is 11.6 Å². The normalized spacial score (nSPS) is 15.9. The second-order valence-electron chi connectivity index (χ2n) is 7.47. The molecular weight excluding hydrogens is 366 g/mol. The summed E-state index contributed by atoms with van der Waals surface area (Å²) in [7, 11) is 1.75. The van der Waals surface area contributed by atoms with Gasteiger partial charge in [-0.2, -0.15) is 0 Å². The molecule has 0 spiro atoms. The highest BCUT2D eigenvalue weighted by atomic mass is 16.6. The molecule has 0 aromatic heterocycles. The third kappa shape index (κ3) is 6.02. The fraction of sp³-hybridized carbons (Fsp3) is 0.409. The van der Waals surface area contributed by atoms with Crippen molar-refractivity contribution in [2.24, 2.45) is 4.99 Å².